The van der Waals surface area contributed by atoms with Crippen LogP contribution in [0.5, 0.6) is 23.0 Å². The fourth-order valence-corrected chi connectivity index (χ4v) is 5.22. The molecule has 1 aliphatic rings. The van der Waals surface area contributed by atoms with Crippen molar-refractivity contribution < 1.29 is 28.8 Å². The summed E-state index contributed by atoms with van der Waals surface area (Å²) in [5.41, 5.74) is 1.75. The summed E-state index contributed by atoms with van der Waals surface area (Å²) in [6, 6.07) is 9.35. The zero-order chi connectivity index (χ0) is 26.7. The molecule has 2 heterocycles. The van der Waals surface area contributed by atoms with Crippen LogP contribution in [0, 0.1) is 0 Å². The minimum atomic E-state index is -0.781. The van der Waals surface area contributed by atoms with Crippen molar-refractivity contribution in [2.45, 2.75) is 26.8 Å². The topological polar surface area (TPSA) is 109 Å². The van der Waals surface area contributed by atoms with Gasteiger partial charge >= 0.3 is 5.97 Å². The van der Waals surface area contributed by atoms with Gasteiger partial charge in [-0.15, -0.1) is 0 Å². The molecule has 0 radical (unpaired) electrons. The highest BCUT2D eigenvalue weighted by Crippen LogP contribution is 2.36. The first-order valence-corrected chi connectivity index (χ1v) is 12.5. The highest BCUT2D eigenvalue weighted by molar-refractivity contribution is 7.07. The maximum Gasteiger partial charge on any atom is 0.338 e. The lowest BCUT2D eigenvalue weighted by Crippen LogP contribution is -2.39. The Hall–Kier alpha value is -4.05. The largest absolute Gasteiger partial charge is 0.504 e. The van der Waals surface area contributed by atoms with E-state index in [0.717, 1.165) is 0 Å². The number of phenolic OH excluding ortho intramolecular Hbond substituents is 1. The molecule has 0 fully saturated rings. The molecular weight excluding hydrogens is 496 g/mol. The van der Waals surface area contributed by atoms with E-state index in [1.165, 1.54) is 36.2 Å². The third-order valence-electron chi connectivity index (χ3n) is 5.82. The van der Waals surface area contributed by atoms with Gasteiger partial charge in [-0.1, -0.05) is 23.5 Å². The van der Waals surface area contributed by atoms with Crippen LogP contribution < -0.4 is 29.1 Å². The van der Waals surface area contributed by atoms with Crippen LogP contribution in [-0.4, -0.2) is 43.1 Å². The maximum absolute atomic E-state index is 13.8. The number of hydrogen-bond acceptors (Lipinski definition) is 9. The van der Waals surface area contributed by atoms with Crippen molar-refractivity contribution in [1.29, 1.82) is 0 Å². The third kappa shape index (κ3) is 4.97. The number of thiazole rings is 1. The van der Waals surface area contributed by atoms with Gasteiger partial charge in [-0.25, -0.2) is 9.79 Å². The molecule has 3 aromatic rings. The van der Waals surface area contributed by atoms with E-state index in [9.17, 15) is 14.7 Å². The molecule has 1 aliphatic heterocycles. The number of nitrogens with zero attached hydrogens (tertiary/aromatic N) is 2. The van der Waals surface area contributed by atoms with Crippen molar-refractivity contribution in [3.63, 3.8) is 0 Å². The number of carbonyl (C=O) groups is 1. The number of allylic oxidation sites excluding steroid dienone is 1. The molecular formula is C27H28N2O7S. The van der Waals surface area contributed by atoms with Crippen LogP contribution >= 0.6 is 11.3 Å². The standard InChI is InChI=1S/C27H28N2O7S/c1-6-35-20-12-16(8-10-18(20)30)13-22-25(31)29-24(17-9-11-19(33-4)21(14-17)34-5)23(26(32)36-7-2)15(3)28-27(29)37-22/h8-14,24,30H,6-7H2,1-5H3. The average Bonchev–Trinajstić information content (AvgIpc) is 3.19. The molecule has 2 aromatic carbocycles. The fraction of sp³-hybridized carbons (Fsp3) is 0.296. The molecule has 1 atom stereocenters. The molecule has 1 unspecified atom stereocenters. The molecule has 1 N–H and O–H groups in total. The molecule has 0 spiro atoms. The van der Waals surface area contributed by atoms with Gasteiger partial charge in [0.25, 0.3) is 5.56 Å². The summed E-state index contributed by atoms with van der Waals surface area (Å²) in [5, 5.41) is 10.0. The molecule has 0 bridgehead atoms. The SMILES string of the molecule is CCOC(=O)C1=C(C)N=c2sc(=Cc3ccc(O)c(OCC)c3)c(=O)n2C1c1ccc(OC)c(OC)c1. The summed E-state index contributed by atoms with van der Waals surface area (Å²) >= 11 is 1.21. The number of hydrogen-bond donors (Lipinski definition) is 1. The van der Waals surface area contributed by atoms with Crippen molar-refractivity contribution in [1.82, 2.24) is 4.57 Å². The number of ether oxygens (including phenoxy) is 4. The van der Waals surface area contributed by atoms with Crippen LogP contribution in [-0.2, 0) is 9.53 Å². The molecule has 0 aliphatic carbocycles. The molecule has 0 amide bonds. The summed E-state index contributed by atoms with van der Waals surface area (Å²) in [5.74, 6) is 0.788. The third-order valence-corrected chi connectivity index (χ3v) is 6.80. The Kier molecular flexibility index (Phi) is 7.68. The van der Waals surface area contributed by atoms with Crippen molar-refractivity contribution in [3.8, 4) is 23.0 Å². The van der Waals surface area contributed by atoms with Crippen LogP contribution in [0.15, 0.2) is 57.5 Å². The van der Waals surface area contributed by atoms with E-state index in [1.54, 1.807) is 50.3 Å². The van der Waals surface area contributed by atoms with Crippen molar-refractivity contribution in [3.05, 3.63) is 78.5 Å². The van der Waals surface area contributed by atoms with Gasteiger partial charge in [-0.3, -0.25) is 9.36 Å². The monoisotopic (exact) mass is 524 g/mol. The molecule has 37 heavy (non-hydrogen) atoms. The average molecular weight is 525 g/mol. The maximum atomic E-state index is 13.8. The normalized spacial score (nSPS) is 15.2. The van der Waals surface area contributed by atoms with Gasteiger partial charge in [0.2, 0.25) is 0 Å². The molecule has 1 aromatic heterocycles. The zero-order valence-corrected chi connectivity index (χ0v) is 22.0. The van der Waals surface area contributed by atoms with Gasteiger partial charge < -0.3 is 24.1 Å². The van der Waals surface area contributed by atoms with E-state index in [-0.39, 0.29) is 23.5 Å². The van der Waals surface area contributed by atoms with Crippen LogP contribution in [0.4, 0.5) is 0 Å². The molecule has 0 saturated heterocycles. The van der Waals surface area contributed by atoms with Gasteiger partial charge in [0.1, 0.15) is 0 Å². The van der Waals surface area contributed by atoms with Gasteiger partial charge in [-0.05, 0) is 62.2 Å². The van der Waals surface area contributed by atoms with Crippen molar-refractivity contribution in [2.24, 2.45) is 4.99 Å². The second kappa shape index (κ2) is 10.9. The second-order valence-electron chi connectivity index (χ2n) is 8.08. The van der Waals surface area contributed by atoms with Crippen molar-refractivity contribution >= 4 is 23.4 Å². The smallest absolute Gasteiger partial charge is 0.338 e. The zero-order valence-electron chi connectivity index (χ0n) is 21.2. The Labute approximate surface area is 217 Å². The van der Waals surface area contributed by atoms with Gasteiger partial charge in [0, 0.05) is 0 Å². The molecule has 4 rings (SSSR count). The van der Waals surface area contributed by atoms with Crippen LogP contribution in [0.2, 0.25) is 0 Å². The lowest BCUT2D eigenvalue weighted by Gasteiger charge is -2.25. The summed E-state index contributed by atoms with van der Waals surface area (Å²) in [4.78, 5) is 31.9. The summed E-state index contributed by atoms with van der Waals surface area (Å²) in [6.45, 7) is 5.85. The number of benzene rings is 2. The molecule has 0 saturated carbocycles. The quantitative estimate of drug-likeness (QED) is 0.452. The van der Waals surface area contributed by atoms with E-state index < -0.39 is 12.0 Å². The number of rotatable bonds is 8. The summed E-state index contributed by atoms with van der Waals surface area (Å²) in [6.07, 6.45) is 1.71. The lowest BCUT2D eigenvalue weighted by molar-refractivity contribution is -0.139. The molecule has 9 nitrogen and oxygen atoms in total. The molecule has 10 heteroatoms. The lowest BCUT2D eigenvalue weighted by atomic mass is 9.95. The Morgan fingerprint density at radius 3 is 2.51 bits per heavy atom. The number of methoxy groups -OCH3 is 2. The highest BCUT2D eigenvalue weighted by atomic mass is 32.1. The Bertz CT molecular complexity index is 1550. The molecule has 194 valence electrons. The summed E-state index contributed by atoms with van der Waals surface area (Å²) < 4.78 is 23.6. The minimum Gasteiger partial charge on any atom is -0.504 e. The van der Waals surface area contributed by atoms with Crippen molar-refractivity contribution in [2.75, 3.05) is 27.4 Å². The van der Waals surface area contributed by atoms with E-state index in [4.69, 9.17) is 18.9 Å². The van der Waals surface area contributed by atoms with Gasteiger partial charge in [0.15, 0.2) is 27.8 Å². The van der Waals surface area contributed by atoms with E-state index in [0.29, 0.717) is 50.0 Å². The number of aromatic hydroxyl groups is 1. The van der Waals surface area contributed by atoms with E-state index in [1.807, 2.05) is 6.92 Å². The first-order valence-electron chi connectivity index (χ1n) is 11.7. The number of phenols is 1. The Balaban J connectivity index is 1.94. The van der Waals surface area contributed by atoms with Gasteiger partial charge in [0.05, 0.1) is 49.3 Å². The fourth-order valence-electron chi connectivity index (χ4n) is 4.17. The number of fused-ring (bicyclic) bond motifs is 1. The first-order chi connectivity index (χ1) is 17.8. The Morgan fingerprint density at radius 1 is 1.08 bits per heavy atom. The highest BCUT2D eigenvalue weighted by Gasteiger charge is 2.33. The Morgan fingerprint density at radius 2 is 1.84 bits per heavy atom. The van der Waals surface area contributed by atoms with Gasteiger partial charge in [-0.2, -0.15) is 0 Å². The number of esters is 1. The van der Waals surface area contributed by atoms with Crippen LogP contribution in [0.1, 0.15) is 37.9 Å². The van der Waals surface area contributed by atoms with E-state index >= 15 is 0 Å². The predicted octanol–water partition coefficient (Wildman–Crippen LogP) is 2.92. The van der Waals surface area contributed by atoms with E-state index in [2.05, 4.69) is 4.99 Å². The second-order valence-corrected chi connectivity index (χ2v) is 9.09. The van der Waals surface area contributed by atoms with Crippen LogP contribution in [0.25, 0.3) is 6.08 Å². The number of aromatic nitrogens is 1. The predicted molar refractivity (Wildman–Crippen MR) is 139 cm³/mol. The minimum absolute atomic E-state index is 0.0172. The first kappa shape index (κ1) is 26.0. The number of carbonyl (C=O) groups excluding carboxylic acids is 1. The summed E-state index contributed by atoms with van der Waals surface area (Å²) in [7, 11) is 3.06. The van der Waals surface area contributed by atoms with Crippen LogP contribution in [0.3, 0.4) is 0 Å².